The highest BCUT2D eigenvalue weighted by atomic mass is 32.2. The van der Waals surface area contributed by atoms with Crippen molar-refractivity contribution in [3.05, 3.63) is 0 Å². The molecule has 1 saturated heterocycles. The molecule has 1 amide bonds. The molecule has 0 saturated carbocycles. The lowest BCUT2D eigenvalue weighted by Gasteiger charge is -2.22. The Labute approximate surface area is 108 Å². The summed E-state index contributed by atoms with van der Waals surface area (Å²) in [6, 6.07) is 0.137. The Bertz CT molecular complexity index is 342. The summed E-state index contributed by atoms with van der Waals surface area (Å²) in [6.45, 7) is 1.49. The number of hydrogen-bond donors (Lipinski definition) is 2. The van der Waals surface area contributed by atoms with Crippen LogP contribution in [0.3, 0.4) is 0 Å². The van der Waals surface area contributed by atoms with Crippen LogP contribution < -0.4 is 10.6 Å². The largest absolute Gasteiger partial charge is 0.385 e. The summed E-state index contributed by atoms with van der Waals surface area (Å²) < 4.78 is 27.3. The molecule has 0 aromatic heterocycles. The van der Waals surface area contributed by atoms with Crippen molar-refractivity contribution in [3.8, 4) is 0 Å². The number of rotatable bonds is 7. The molecule has 1 fully saturated rings. The molecule has 7 heteroatoms. The van der Waals surface area contributed by atoms with Crippen LogP contribution in [0.25, 0.3) is 0 Å². The number of nitrogens with one attached hydrogen (secondary N) is 2. The first-order chi connectivity index (χ1) is 8.53. The van der Waals surface area contributed by atoms with Gasteiger partial charge in [-0.05, 0) is 19.3 Å². The number of ether oxygens (including phenoxy) is 1. The maximum absolute atomic E-state index is 11.4. The topological polar surface area (TPSA) is 84.5 Å². The number of methoxy groups -OCH3 is 1. The van der Waals surface area contributed by atoms with Crippen molar-refractivity contribution in [2.45, 2.75) is 25.3 Å². The predicted molar refractivity (Wildman–Crippen MR) is 69.2 cm³/mol. The van der Waals surface area contributed by atoms with Crippen LogP contribution in [0.2, 0.25) is 0 Å². The van der Waals surface area contributed by atoms with Crippen molar-refractivity contribution >= 4 is 15.7 Å². The second kappa shape index (κ2) is 7.70. The number of carbonyl (C=O) groups excluding carboxylic acids is 1. The quantitative estimate of drug-likeness (QED) is 0.602. The molecule has 0 atom stereocenters. The van der Waals surface area contributed by atoms with Gasteiger partial charge in [0.25, 0.3) is 0 Å². The zero-order valence-corrected chi connectivity index (χ0v) is 11.6. The summed E-state index contributed by atoms with van der Waals surface area (Å²) >= 11 is 0. The highest BCUT2D eigenvalue weighted by molar-refractivity contribution is 7.91. The SMILES string of the molecule is COCCCNC(=O)CNC1CCS(=O)(=O)CC1. The van der Waals surface area contributed by atoms with E-state index in [2.05, 4.69) is 10.6 Å². The van der Waals surface area contributed by atoms with E-state index >= 15 is 0 Å². The first-order valence-electron chi connectivity index (χ1n) is 6.23. The average Bonchev–Trinajstić information content (AvgIpc) is 2.33. The van der Waals surface area contributed by atoms with E-state index in [9.17, 15) is 13.2 Å². The third kappa shape index (κ3) is 6.32. The van der Waals surface area contributed by atoms with Crippen LogP contribution in [0.5, 0.6) is 0 Å². The number of amides is 1. The summed E-state index contributed by atoms with van der Waals surface area (Å²) in [6.07, 6.45) is 1.99. The molecule has 2 N–H and O–H groups in total. The molecule has 0 bridgehead atoms. The molecule has 0 aromatic carbocycles. The molecule has 1 aliphatic rings. The lowest BCUT2D eigenvalue weighted by molar-refractivity contribution is -0.120. The predicted octanol–water partition coefficient (Wildman–Crippen LogP) is -0.694. The third-order valence-electron chi connectivity index (χ3n) is 2.95. The highest BCUT2D eigenvalue weighted by Crippen LogP contribution is 2.11. The van der Waals surface area contributed by atoms with Crippen LogP contribution >= 0.6 is 0 Å². The minimum atomic E-state index is -2.83. The smallest absolute Gasteiger partial charge is 0.233 e. The molecule has 0 unspecified atom stereocenters. The zero-order valence-electron chi connectivity index (χ0n) is 10.8. The molecule has 0 spiro atoms. The summed E-state index contributed by atoms with van der Waals surface area (Å²) in [5, 5.41) is 5.87. The molecular formula is C11H22N2O4S. The van der Waals surface area contributed by atoms with Crippen LogP contribution in [-0.2, 0) is 19.4 Å². The van der Waals surface area contributed by atoms with Gasteiger partial charge in [0, 0.05) is 26.3 Å². The maximum atomic E-state index is 11.4. The summed E-state index contributed by atoms with van der Waals surface area (Å²) in [7, 11) is -1.20. The van der Waals surface area contributed by atoms with Gasteiger partial charge in [0.05, 0.1) is 18.1 Å². The Morgan fingerprint density at radius 3 is 2.61 bits per heavy atom. The fraction of sp³-hybridized carbons (Fsp3) is 0.909. The minimum Gasteiger partial charge on any atom is -0.385 e. The van der Waals surface area contributed by atoms with E-state index in [0.29, 0.717) is 26.0 Å². The minimum absolute atomic E-state index is 0.0560. The second-order valence-corrected chi connectivity index (χ2v) is 6.81. The first kappa shape index (κ1) is 15.4. The molecule has 1 heterocycles. The molecule has 6 nitrogen and oxygen atoms in total. The molecule has 0 radical (unpaired) electrons. The van der Waals surface area contributed by atoms with Crippen molar-refractivity contribution in [3.63, 3.8) is 0 Å². The van der Waals surface area contributed by atoms with Gasteiger partial charge in [-0.1, -0.05) is 0 Å². The van der Waals surface area contributed by atoms with Gasteiger partial charge in [-0.15, -0.1) is 0 Å². The summed E-state index contributed by atoms with van der Waals surface area (Å²) in [5.74, 6) is 0.389. The van der Waals surface area contributed by atoms with Crippen LogP contribution in [0.4, 0.5) is 0 Å². The Hall–Kier alpha value is -0.660. The Morgan fingerprint density at radius 2 is 2.00 bits per heavy atom. The van der Waals surface area contributed by atoms with Crippen LogP contribution in [-0.4, -0.2) is 58.7 Å². The molecule has 106 valence electrons. The first-order valence-corrected chi connectivity index (χ1v) is 8.05. The highest BCUT2D eigenvalue weighted by Gasteiger charge is 2.23. The average molecular weight is 278 g/mol. The Balaban J connectivity index is 2.08. The van der Waals surface area contributed by atoms with E-state index in [4.69, 9.17) is 4.74 Å². The van der Waals surface area contributed by atoms with Gasteiger partial charge in [-0.3, -0.25) is 4.79 Å². The molecule has 1 aliphatic heterocycles. The Morgan fingerprint density at radius 1 is 1.33 bits per heavy atom. The fourth-order valence-corrected chi connectivity index (χ4v) is 3.33. The number of hydrogen-bond acceptors (Lipinski definition) is 5. The zero-order chi connectivity index (χ0) is 13.4. The molecule has 0 aliphatic carbocycles. The van der Waals surface area contributed by atoms with Crippen molar-refractivity contribution in [1.29, 1.82) is 0 Å². The van der Waals surface area contributed by atoms with E-state index < -0.39 is 9.84 Å². The van der Waals surface area contributed by atoms with E-state index in [1.54, 1.807) is 7.11 Å². The van der Waals surface area contributed by atoms with Gasteiger partial charge in [0.2, 0.25) is 5.91 Å². The molecular weight excluding hydrogens is 256 g/mol. The van der Waals surface area contributed by atoms with Gasteiger partial charge >= 0.3 is 0 Å². The van der Waals surface area contributed by atoms with Crippen LogP contribution in [0.1, 0.15) is 19.3 Å². The van der Waals surface area contributed by atoms with Gasteiger partial charge in [-0.2, -0.15) is 0 Å². The standard InChI is InChI=1S/C11H22N2O4S/c1-17-6-2-5-12-11(14)9-13-10-3-7-18(15,16)8-4-10/h10,13H,2-9H2,1H3,(H,12,14). The third-order valence-corrected chi connectivity index (χ3v) is 4.67. The lowest BCUT2D eigenvalue weighted by atomic mass is 10.1. The molecule has 18 heavy (non-hydrogen) atoms. The van der Waals surface area contributed by atoms with Gasteiger partial charge < -0.3 is 15.4 Å². The number of carbonyl (C=O) groups is 1. The van der Waals surface area contributed by atoms with E-state index in [0.717, 1.165) is 6.42 Å². The van der Waals surface area contributed by atoms with Crippen molar-refractivity contribution < 1.29 is 17.9 Å². The Kier molecular flexibility index (Phi) is 6.59. The second-order valence-electron chi connectivity index (χ2n) is 4.50. The lowest BCUT2D eigenvalue weighted by Crippen LogP contribution is -2.43. The molecule has 0 aromatic rings. The van der Waals surface area contributed by atoms with Crippen molar-refractivity contribution in [2.75, 3.05) is 38.3 Å². The normalized spacial score (nSPS) is 19.6. The van der Waals surface area contributed by atoms with Crippen molar-refractivity contribution in [2.24, 2.45) is 0 Å². The fourth-order valence-electron chi connectivity index (χ4n) is 1.84. The van der Waals surface area contributed by atoms with Crippen LogP contribution in [0.15, 0.2) is 0 Å². The van der Waals surface area contributed by atoms with Gasteiger partial charge in [0.15, 0.2) is 0 Å². The van der Waals surface area contributed by atoms with Gasteiger partial charge in [0.1, 0.15) is 9.84 Å². The van der Waals surface area contributed by atoms with Gasteiger partial charge in [-0.25, -0.2) is 8.42 Å². The molecule has 1 rings (SSSR count). The number of sulfone groups is 1. The van der Waals surface area contributed by atoms with Crippen LogP contribution in [0, 0.1) is 0 Å². The van der Waals surface area contributed by atoms with E-state index in [1.807, 2.05) is 0 Å². The van der Waals surface area contributed by atoms with E-state index in [-0.39, 0.29) is 30.0 Å². The summed E-state index contributed by atoms with van der Waals surface area (Å²) in [5.41, 5.74) is 0. The maximum Gasteiger partial charge on any atom is 0.233 e. The van der Waals surface area contributed by atoms with E-state index in [1.165, 1.54) is 0 Å². The van der Waals surface area contributed by atoms with Crippen molar-refractivity contribution in [1.82, 2.24) is 10.6 Å². The summed E-state index contributed by atoms with van der Waals surface area (Å²) in [4.78, 5) is 11.4. The monoisotopic (exact) mass is 278 g/mol.